The minimum Gasteiger partial charge on any atom is -0.481 e. The standard InChI is InChI=1S/C25H32N4O5S/c26-23-22-24(28-16-27-23)34-14-13-29(35(22,32)33)20-3-1-18(2-4-20)19-7-11-25(12-8-19)9-5-17(6-10-25)15-21(30)31/h1-4,16-17,19H,5-15H2,(H,30,31)(H2,26,27,28). The molecule has 2 fully saturated rings. The number of hydrogen-bond donors (Lipinski definition) is 2. The first-order valence-electron chi connectivity index (χ1n) is 12.4. The number of ether oxygens (including phenoxy) is 1. The normalized spacial score (nSPS) is 28.1. The number of rotatable bonds is 4. The number of carboxylic acid groups (broad SMARTS) is 1. The molecule has 3 aliphatic rings. The van der Waals surface area contributed by atoms with Crippen LogP contribution in [0, 0.1) is 11.3 Å². The van der Waals surface area contributed by atoms with E-state index in [-0.39, 0.29) is 29.7 Å². The molecule has 3 N–H and O–H groups in total. The number of nitrogens with two attached hydrogens (primary N) is 1. The van der Waals surface area contributed by atoms with Gasteiger partial charge in [0.25, 0.3) is 10.0 Å². The average molecular weight is 501 g/mol. The average Bonchev–Trinajstić information content (AvgIpc) is 2.97. The molecule has 2 heterocycles. The van der Waals surface area contributed by atoms with E-state index >= 15 is 0 Å². The molecule has 1 aromatic heterocycles. The highest BCUT2D eigenvalue weighted by Crippen LogP contribution is 2.52. The molecule has 1 aliphatic heterocycles. The zero-order valence-corrected chi connectivity index (χ0v) is 20.5. The van der Waals surface area contributed by atoms with Crippen molar-refractivity contribution in [2.45, 2.75) is 68.6 Å². The maximum atomic E-state index is 13.3. The Morgan fingerprint density at radius 3 is 2.40 bits per heavy atom. The van der Waals surface area contributed by atoms with Crippen LogP contribution in [-0.4, -0.2) is 42.6 Å². The molecule has 5 rings (SSSR count). The number of sulfonamides is 1. The van der Waals surface area contributed by atoms with Gasteiger partial charge in [-0.1, -0.05) is 12.1 Å². The van der Waals surface area contributed by atoms with Crippen molar-refractivity contribution in [3.63, 3.8) is 0 Å². The molecular formula is C25H32N4O5S. The topological polar surface area (TPSA) is 136 Å². The van der Waals surface area contributed by atoms with Gasteiger partial charge in [-0.2, -0.15) is 0 Å². The number of nitrogen functional groups attached to an aromatic ring is 1. The van der Waals surface area contributed by atoms with Crippen molar-refractivity contribution in [3.05, 3.63) is 36.2 Å². The van der Waals surface area contributed by atoms with E-state index in [4.69, 9.17) is 15.6 Å². The highest BCUT2D eigenvalue weighted by atomic mass is 32.2. The Bertz CT molecular complexity index is 1180. The number of aliphatic carboxylic acids is 1. The van der Waals surface area contributed by atoms with E-state index in [9.17, 15) is 13.2 Å². The summed E-state index contributed by atoms with van der Waals surface area (Å²) in [5.41, 5.74) is 8.05. The Morgan fingerprint density at radius 1 is 1.09 bits per heavy atom. The molecule has 2 aromatic rings. The number of nitrogens with zero attached hydrogens (tertiary/aromatic N) is 3. The maximum absolute atomic E-state index is 13.3. The van der Waals surface area contributed by atoms with E-state index in [0.717, 1.165) is 38.5 Å². The Kier molecular flexibility index (Phi) is 6.33. The number of fused-ring (bicyclic) bond motifs is 1. The summed E-state index contributed by atoms with van der Waals surface area (Å²) in [6.45, 7) is 0.328. The van der Waals surface area contributed by atoms with Crippen LogP contribution >= 0.6 is 0 Å². The fourth-order valence-electron chi connectivity index (χ4n) is 6.16. The minimum atomic E-state index is -3.95. The Balaban J connectivity index is 1.26. The third-order valence-electron chi connectivity index (χ3n) is 8.21. The largest absolute Gasteiger partial charge is 0.481 e. The SMILES string of the molecule is Nc1ncnc2c1S(=O)(=O)N(c1ccc(C3CCC4(CCC(CC(=O)O)CC4)CC3)cc1)CCO2. The van der Waals surface area contributed by atoms with Crippen molar-refractivity contribution < 1.29 is 23.1 Å². The first kappa shape index (κ1) is 23.8. The van der Waals surface area contributed by atoms with Crippen LogP contribution in [0.5, 0.6) is 5.88 Å². The molecule has 2 saturated carbocycles. The maximum Gasteiger partial charge on any atom is 0.303 e. The summed E-state index contributed by atoms with van der Waals surface area (Å²) in [5.74, 6) is -0.0192. The van der Waals surface area contributed by atoms with Gasteiger partial charge in [0.05, 0.1) is 12.2 Å². The fourth-order valence-corrected chi connectivity index (χ4v) is 7.74. The lowest BCUT2D eigenvalue weighted by atomic mass is 9.60. The molecule has 1 spiro atoms. The van der Waals surface area contributed by atoms with Crippen LogP contribution in [-0.2, 0) is 14.8 Å². The highest BCUT2D eigenvalue weighted by Gasteiger charge is 2.39. The van der Waals surface area contributed by atoms with E-state index in [2.05, 4.69) is 9.97 Å². The van der Waals surface area contributed by atoms with E-state index in [1.807, 2.05) is 24.3 Å². The summed E-state index contributed by atoms with van der Waals surface area (Å²) in [6, 6.07) is 7.79. The number of benzene rings is 1. The lowest BCUT2D eigenvalue weighted by Gasteiger charge is -2.45. The predicted molar refractivity (Wildman–Crippen MR) is 131 cm³/mol. The molecular weight excluding hydrogens is 468 g/mol. The lowest BCUT2D eigenvalue weighted by Crippen LogP contribution is -2.33. The van der Waals surface area contributed by atoms with Gasteiger partial charge in [-0.15, -0.1) is 0 Å². The van der Waals surface area contributed by atoms with Crippen LogP contribution in [0.2, 0.25) is 0 Å². The molecule has 0 radical (unpaired) electrons. The van der Waals surface area contributed by atoms with E-state index in [1.54, 1.807) is 0 Å². The van der Waals surface area contributed by atoms with Gasteiger partial charge in [-0.3, -0.25) is 9.10 Å². The molecule has 0 amide bonds. The van der Waals surface area contributed by atoms with Crippen molar-refractivity contribution in [1.82, 2.24) is 9.97 Å². The van der Waals surface area contributed by atoms with Gasteiger partial charge in [0.15, 0.2) is 10.7 Å². The van der Waals surface area contributed by atoms with Gasteiger partial charge in [0.1, 0.15) is 12.9 Å². The van der Waals surface area contributed by atoms with E-state index < -0.39 is 16.0 Å². The number of aromatic nitrogens is 2. The number of anilines is 2. The van der Waals surface area contributed by atoms with E-state index in [1.165, 1.54) is 29.0 Å². The Morgan fingerprint density at radius 2 is 1.74 bits per heavy atom. The Labute approximate surface area is 205 Å². The monoisotopic (exact) mass is 500 g/mol. The van der Waals surface area contributed by atoms with Crippen LogP contribution in [0.3, 0.4) is 0 Å². The van der Waals surface area contributed by atoms with Crippen LogP contribution in [0.1, 0.15) is 69.3 Å². The number of carboxylic acids is 1. The molecule has 2 aliphatic carbocycles. The van der Waals surface area contributed by atoms with Crippen molar-refractivity contribution in [2.75, 3.05) is 23.2 Å². The first-order valence-corrected chi connectivity index (χ1v) is 13.8. The van der Waals surface area contributed by atoms with Gasteiger partial charge in [-0.05, 0) is 86.3 Å². The zero-order chi connectivity index (χ0) is 24.6. The quantitative estimate of drug-likeness (QED) is 0.644. The summed E-state index contributed by atoms with van der Waals surface area (Å²) in [6.07, 6.45) is 10.4. The molecule has 188 valence electrons. The highest BCUT2D eigenvalue weighted by molar-refractivity contribution is 7.93. The summed E-state index contributed by atoms with van der Waals surface area (Å²) >= 11 is 0. The molecule has 9 nitrogen and oxygen atoms in total. The van der Waals surface area contributed by atoms with Crippen LogP contribution in [0.4, 0.5) is 11.5 Å². The molecule has 1 aromatic carbocycles. The molecule has 0 unspecified atom stereocenters. The van der Waals surface area contributed by atoms with Crippen molar-refractivity contribution >= 4 is 27.5 Å². The van der Waals surface area contributed by atoms with Gasteiger partial charge in [0.2, 0.25) is 5.88 Å². The van der Waals surface area contributed by atoms with Gasteiger partial charge >= 0.3 is 5.97 Å². The van der Waals surface area contributed by atoms with Crippen LogP contribution < -0.4 is 14.8 Å². The molecule has 35 heavy (non-hydrogen) atoms. The summed E-state index contributed by atoms with van der Waals surface area (Å²) in [4.78, 5) is 18.6. The first-order chi connectivity index (χ1) is 16.8. The third-order valence-corrected chi connectivity index (χ3v) is 10.1. The van der Waals surface area contributed by atoms with Crippen LogP contribution in [0.25, 0.3) is 0 Å². The predicted octanol–water partition coefficient (Wildman–Crippen LogP) is 3.96. The minimum absolute atomic E-state index is 0.00949. The van der Waals surface area contributed by atoms with E-state index in [0.29, 0.717) is 29.4 Å². The number of carbonyl (C=O) groups is 1. The van der Waals surface area contributed by atoms with Gasteiger partial charge in [-0.25, -0.2) is 18.4 Å². The molecule has 0 bridgehead atoms. The van der Waals surface area contributed by atoms with Gasteiger partial charge in [0, 0.05) is 6.42 Å². The molecule has 0 atom stereocenters. The third kappa shape index (κ3) is 4.68. The fraction of sp³-hybridized carbons (Fsp3) is 0.560. The second kappa shape index (κ2) is 9.29. The second-order valence-corrected chi connectivity index (χ2v) is 12.0. The number of hydrogen-bond acceptors (Lipinski definition) is 7. The molecule has 0 saturated heterocycles. The van der Waals surface area contributed by atoms with Crippen molar-refractivity contribution in [3.8, 4) is 5.88 Å². The summed E-state index contributed by atoms with van der Waals surface area (Å²) in [7, 11) is -3.95. The lowest BCUT2D eigenvalue weighted by molar-refractivity contribution is -0.138. The zero-order valence-electron chi connectivity index (χ0n) is 19.7. The summed E-state index contributed by atoms with van der Waals surface area (Å²) in [5, 5.41) is 9.08. The van der Waals surface area contributed by atoms with Crippen molar-refractivity contribution in [1.29, 1.82) is 0 Å². The Hall–Kier alpha value is -2.88. The smallest absolute Gasteiger partial charge is 0.303 e. The second-order valence-electron chi connectivity index (χ2n) is 10.2. The van der Waals surface area contributed by atoms with Crippen LogP contribution in [0.15, 0.2) is 35.5 Å². The van der Waals surface area contributed by atoms with Gasteiger partial charge < -0.3 is 15.6 Å². The molecule has 10 heteroatoms. The summed E-state index contributed by atoms with van der Waals surface area (Å²) < 4.78 is 33.5. The van der Waals surface area contributed by atoms with Crippen molar-refractivity contribution in [2.24, 2.45) is 11.3 Å².